The molecule has 1 atom stereocenters. The van der Waals surface area contributed by atoms with Crippen molar-refractivity contribution in [2.75, 3.05) is 20.6 Å². The molecular formula is C17H17F3N2O2. The molecule has 0 aliphatic heterocycles. The summed E-state index contributed by atoms with van der Waals surface area (Å²) in [6.07, 6.45) is 0. The van der Waals surface area contributed by atoms with E-state index < -0.39 is 34.7 Å². The van der Waals surface area contributed by atoms with E-state index in [9.17, 15) is 23.1 Å². The van der Waals surface area contributed by atoms with Gasteiger partial charge >= 0.3 is 0 Å². The molecule has 1 unspecified atom stereocenters. The van der Waals surface area contributed by atoms with Crippen LogP contribution in [0.2, 0.25) is 0 Å². The smallest absolute Gasteiger partial charge is 0.258 e. The third kappa shape index (κ3) is 4.05. The Morgan fingerprint density at radius 2 is 1.88 bits per heavy atom. The average molecular weight is 338 g/mol. The van der Waals surface area contributed by atoms with Gasteiger partial charge in [0.15, 0.2) is 0 Å². The second kappa shape index (κ2) is 7.35. The lowest BCUT2D eigenvalue weighted by atomic mass is 10.1. The number of phenolic OH excluding ortho intramolecular Hbond substituents is 1. The maximum absolute atomic E-state index is 13.7. The van der Waals surface area contributed by atoms with Gasteiger partial charge in [-0.25, -0.2) is 13.2 Å². The lowest BCUT2D eigenvalue weighted by Gasteiger charge is -2.25. The second-order valence-electron chi connectivity index (χ2n) is 5.53. The summed E-state index contributed by atoms with van der Waals surface area (Å²) in [6, 6.07) is 6.71. The molecule has 4 nitrogen and oxygen atoms in total. The Morgan fingerprint density at radius 1 is 1.17 bits per heavy atom. The second-order valence-corrected chi connectivity index (χ2v) is 5.53. The van der Waals surface area contributed by atoms with Crippen LogP contribution in [0.3, 0.4) is 0 Å². The minimum Gasteiger partial charge on any atom is -0.507 e. The molecule has 2 N–H and O–H groups in total. The molecule has 2 aromatic rings. The van der Waals surface area contributed by atoms with Crippen LogP contribution in [-0.2, 0) is 0 Å². The first-order chi connectivity index (χ1) is 11.3. The van der Waals surface area contributed by atoms with Crippen molar-refractivity contribution in [3.63, 3.8) is 0 Å². The number of carbonyl (C=O) groups excluding carboxylic acids is 1. The Bertz CT molecular complexity index is 727. The quantitative estimate of drug-likeness (QED) is 0.881. The molecule has 0 aromatic heterocycles. The van der Waals surface area contributed by atoms with Gasteiger partial charge in [0.1, 0.15) is 28.8 Å². The summed E-state index contributed by atoms with van der Waals surface area (Å²) in [6.45, 7) is 0.0472. The standard InChI is InChI=1S/C17H17F3N2O2/c1-22(2)14(10-4-3-5-11(18)6-10)9-21-17(24)16-13(20)7-12(19)8-15(16)23/h3-8,14,23H,9H2,1-2H3,(H,21,24). The number of hydrogen-bond donors (Lipinski definition) is 2. The monoisotopic (exact) mass is 338 g/mol. The maximum atomic E-state index is 13.7. The van der Waals surface area contributed by atoms with Crippen molar-refractivity contribution < 1.29 is 23.1 Å². The Balaban J connectivity index is 2.17. The minimum absolute atomic E-state index is 0.0472. The van der Waals surface area contributed by atoms with Gasteiger partial charge in [-0.1, -0.05) is 12.1 Å². The number of likely N-dealkylation sites (N-methyl/N-ethyl adjacent to an activating group) is 1. The van der Waals surface area contributed by atoms with E-state index in [1.54, 1.807) is 31.1 Å². The van der Waals surface area contributed by atoms with Gasteiger partial charge in [0.25, 0.3) is 5.91 Å². The van der Waals surface area contributed by atoms with E-state index in [0.29, 0.717) is 17.7 Å². The zero-order valence-corrected chi connectivity index (χ0v) is 13.2. The predicted molar refractivity (Wildman–Crippen MR) is 83.2 cm³/mol. The molecule has 0 heterocycles. The van der Waals surface area contributed by atoms with Crippen molar-refractivity contribution in [3.05, 3.63) is 65.0 Å². The minimum atomic E-state index is -1.16. The fourth-order valence-corrected chi connectivity index (χ4v) is 2.37. The molecule has 2 aromatic carbocycles. The molecule has 7 heteroatoms. The number of carbonyl (C=O) groups is 1. The van der Waals surface area contributed by atoms with Crippen LogP contribution in [-0.4, -0.2) is 36.6 Å². The summed E-state index contributed by atoms with van der Waals surface area (Å²) in [4.78, 5) is 13.9. The maximum Gasteiger partial charge on any atom is 0.258 e. The van der Waals surface area contributed by atoms with Gasteiger partial charge < -0.3 is 15.3 Å². The van der Waals surface area contributed by atoms with Crippen LogP contribution in [0.15, 0.2) is 36.4 Å². The van der Waals surface area contributed by atoms with Crippen LogP contribution in [0.4, 0.5) is 13.2 Å². The van der Waals surface area contributed by atoms with Gasteiger partial charge in [0.05, 0.1) is 6.04 Å². The number of phenols is 1. The lowest BCUT2D eigenvalue weighted by Crippen LogP contribution is -2.35. The summed E-state index contributed by atoms with van der Waals surface area (Å²) in [5.74, 6) is -4.21. The van der Waals surface area contributed by atoms with Crippen LogP contribution in [0.25, 0.3) is 0 Å². The van der Waals surface area contributed by atoms with E-state index in [0.717, 1.165) is 0 Å². The highest BCUT2D eigenvalue weighted by molar-refractivity contribution is 5.97. The zero-order chi connectivity index (χ0) is 17.9. The molecule has 1 amide bonds. The molecule has 24 heavy (non-hydrogen) atoms. The van der Waals surface area contributed by atoms with E-state index in [-0.39, 0.29) is 12.6 Å². The largest absolute Gasteiger partial charge is 0.507 e. The Kier molecular flexibility index (Phi) is 5.46. The molecule has 0 saturated heterocycles. The number of rotatable bonds is 5. The van der Waals surface area contributed by atoms with Crippen molar-refractivity contribution in [2.45, 2.75) is 6.04 Å². The first kappa shape index (κ1) is 17.8. The molecule has 0 radical (unpaired) electrons. The lowest BCUT2D eigenvalue weighted by molar-refractivity contribution is 0.0935. The molecule has 2 rings (SSSR count). The summed E-state index contributed by atoms with van der Waals surface area (Å²) in [5.41, 5.74) is -0.00255. The van der Waals surface area contributed by atoms with Gasteiger partial charge in [-0.2, -0.15) is 0 Å². The molecular weight excluding hydrogens is 321 g/mol. The van der Waals surface area contributed by atoms with Gasteiger partial charge in [-0.3, -0.25) is 4.79 Å². The Morgan fingerprint density at radius 3 is 2.46 bits per heavy atom. The van der Waals surface area contributed by atoms with Crippen LogP contribution in [0.5, 0.6) is 5.75 Å². The molecule has 0 fully saturated rings. The third-order valence-electron chi connectivity index (χ3n) is 3.57. The van der Waals surface area contributed by atoms with E-state index >= 15 is 0 Å². The molecule has 128 valence electrons. The first-order valence-electron chi connectivity index (χ1n) is 7.17. The fraction of sp³-hybridized carbons (Fsp3) is 0.235. The van der Waals surface area contributed by atoms with Gasteiger partial charge in [0, 0.05) is 18.7 Å². The number of hydrogen-bond acceptors (Lipinski definition) is 3. The van der Waals surface area contributed by atoms with E-state index in [4.69, 9.17) is 0 Å². The fourth-order valence-electron chi connectivity index (χ4n) is 2.37. The topological polar surface area (TPSA) is 52.6 Å². The Labute approximate surface area is 137 Å². The molecule has 0 aliphatic rings. The van der Waals surface area contributed by atoms with Gasteiger partial charge in [-0.15, -0.1) is 0 Å². The number of nitrogens with one attached hydrogen (secondary N) is 1. The van der Waals surface area contributed by atoms with Crippen molar-refractivity contribution >= 4 is 5.91 Å². The molecule has 0 spiro atoms. The van der Waals surface area contributed by atoms with Crippen molar-refractivity contribution in [1.82, 2.24) is 10.2 Å². The van der Waals surface area contributed by atoms with Gasteiger partial charge in [0.2, 0.25) is 0 Å². The number of aromatic hydroxyl groups is 1. The number of benzene rings is 2. The number of amides is 1. The summed E-state index contributed by atoms with van der Waals surface area (Å²) in [5, 5.41) is 12.0. The third-order valence-corrected chi connectivity index (χ3v) is 3.57. The van der Waals surface area contributed by atoms with E-state index in [1.807, 2.05) is 0 Å². The summed E-state index contributed by atoms with van der Waals surface area (Å²) >= 11 is 0. The summed E-state index contributed by atoms with van der Waals surface area (Å²) in [7, 11) is 3.50. The van der Waals surface area contributed by atoms with Crippen LogP contribution >= 0.6 is 0 Å². The zero-order valence-electron chi connectivity index (χ0n) is 13.2. The SMILES string of the molecule is CN(C)C(CNC(=O)c1c(O)cc(F)cc1F)c1cccc(F)c1. The number of halogens is 3. The highest BCUT2D eigenvalue weighted by Crippen LogP contribution is 2.23. The van der Waals surface area contributed by atoms with Crippen molar-refractivity contribution in [3.8, 4) is 5.75 Å². The van der Waals surface area contributed by atoms with Crippen molar-refractivity contribution in [2.24, 2.45) is 0 Å². The molecule has 0 bridgehead atoms. The molecule has 0 saturated carbocycles. The highest BCUT2D eigenvalue weighted by Gasteiger charge is 2.21. The van der Waals surface area contributed by atoms with Crippen LogP contribution in [0, 0.1) is 17.5 Å². The molecule has 0 aliphatic carbocycles. The highest BCUT2D eigenvalue weighted by atomic mass is 19.1. The van der Waals surface area contributed by atoms with Crippen LogP contribution in [0.1, 0.15) is 22.0 Å². The average Bonchev–Trinajstić information content (AvgIpc) is 2.46. The normalized spacial score (nSPS) is 12.2. The predicted octanol–water partition coefficient (Wildman–Crippen LogP) is 2.84. The van der Waals surface area contributed by atoms with Crippen LogP contribution < -0.4 is 5.32 Å². The Hall–Kier alpha value is -2.54. The van der Waals surface area contributed by atoms with Crippen molar-refractivity contribution in [1.29, 1.82) is 0 Å². The van der Waals surface area contributed by atoms with E-state index in [1.165, 1.54) is 12.1 Å². The van der Waals surface area contributed by atoms with Gasteiger partial charge in [-0.05, 0) is 31.8 Å². The first-order valence-corrected chi connectivity index (χ1v) is 7.17. The summed E-state index contributed by atoms with van der Waals surface area (Å²) < 4.78 is 40.1. The number of nitrogens with zero attached hydrogens (tertiary/aromatic N) is 1. The van der Waals surface area contributed by atoms with E-state index in [2.05, 4.69) is 5.32 Å².